The van der Waals surface area contributed by atoms with Crippen molar-refractivity contribution in [2.75, 3.05) is 5.06 Å². The molecule has 0 aliphatic rings. The fraction of sp³-hybridized carbons (Fsp3) is 0.429. The summed E-state index contributed by atoms with van der Waals surface area (Å²) in [6.07, 6.45) is 3.37. The van der Waals surface area contributed by atoms with Gasteiger partial charge in [-0.2, -0.15) is 5.10 Å². The summed E-state index contributed by atoms with van der Waals surface area (Å²) in [7, 11) is -1.43. The van der Waals surface area contributed by atoms with Gasteiger partial charge in [0, 0.05) is 11.8 Å². The number of rotatable bonds is 5. The van der Waals surface area contributed by atoms with Crippen molar-refractivity contribution in [3.05, 3.63) is 53.0 Å². The lowest BCUT2D eigenvalue weighted by Gasteiger charge is -2.29. The molecule has 0 amide bonds. The number of aromatic nitrogens is 3. The smallest absolute Gasteiger partial charge is 0.209 e. The Hall–Kier alpha value is -2.22. The first kappa shape index (κ1) is 20.5. The van der Waals surface area contributed by atoms with E-state index in [0.29, 0.717) is 5.82 Å². The molecule has 0 saturated heterocycles. The molecule has 0 bridgehead atoms. The number of hydrogen-bond acceptors (Lipinski definition) is 5. The molecular weight excluding hydrogens is 368 g/mol. The molecule has 0 saturated carbocycles. The van der Waals surface area contributed by atoms with Crippen molar-refractivity contribution in [2.24, 2.45) is 0 Å². The molecule has 0 spiro atoms. The summed E-state index contributed by atoms with van der Waals surface area (Å²) in [5.74, 6) is 0.692. The van der Waals surface area contributed by atoms with Gasteiger partial charge in [-0.1, -0.05) is 26.8 Å². The molecular formula is C21H30N4O2Si. The molecule has 1 N–H and O–H groups in total. The lowest BCUT2D eigenvalue weighted by atomic mass is 9.84. The average molecular weight is 399 g/mol. The van der Waals surface area contributed by atoms with E-state index in [9.17, 15) is 5.11 Å². The number of aryl methyl sites for hydroxylation is 2. The maximum Gasteiger partial charge on any atom is 0.209 e. The largest absolute Gasteiger partial charge is 0.392 e. The monoisotopic (exact) mass is 398 g/mol. The molecule has 2 heterocycles. The SMILES string of the molecule is Cc1ccc(N(O[SiH](C)C)c2ncnn3cc(CO)c(C)c23)cc1C(C)(C)C. The van der Waals surface area contributed by atoms with Crippen LogP contribution in [0.15, 0.2) is 30.7 Å². The number of aliphatic hydroxyl groups excluding tert-OH is 1. The molecule has 1 aromatic carbocycles. The molecule has 3 aromatic rings. The predicted molar refractivity (Wildman–Crippen MR) is 116 cm³/mol. The Kier molecular flexibility index (Phi) is 5.61. The molecule has 0 fully saturated rings. The van der Waals surface area contributed by atoms with Crippen LogP contribution in [-0.4, -0.2) is 28.7 Å². The molecule has 3 rings (SSSR count). The maximum absolute atomic E-state index is 9.67. The van der Waals surface area contributed by atoms with Gasteiger partial charge in [0.15, 0.2) is 5.82 Å². The van der Waals surface area contributed by atoms with Gasteiger partial charge in [0.25, 0.3) is 0 Å². The van der Waals surface area contributed by atoms with Crippen molar-refractivity contribution >= 4 is 26.1 Å². The van der Waals surface area contributed by atoms with Crippen LogP contribution in [0.25, 0.3) is 5.52 Å². The van der Waals surface area contributed by atoms with Crippen molar-refractivity contribution in [3.63, 3.8) is 0 Å². The average Bonchev–Trinajstić information content (AvgIpc) is 2.95. The molecule has 7 heteroatoms. The Morgan fingerprint density at radius 3 is 2.54 bits per heavy atom. The highest BCUT2D eigenvalue weighted by Crippen LogP contribution is 2.35. The third kappa shape index (κ3) is 3.83. The van der Waals surface area contributed by atoms with Crippen LogP contribution in [0, 0.1) is 13.8 Å². The molecule has 0 aliphatic heterocycles. The van der Waals surface area contributed by atoms with E-state index in [1.165, 1.54) is 17.5 Å². The Labute approximate surface area is 168 Å². The summed E-state index contributed by atoms with van der Waals surface area (Å²) in [6, 6.07) is 6.40. The highest BCUT2D eigenvalue weighted by atomic mass is 28.3. The van der Waals surface area contributed by atoms with Gasteiger partial charge < -0.3 is 9.63 Å². The zero-order valence-electron chi connectivity index (χ0n) is 17.8. The first-order chi connectivity index (χ1) is 13.1. The quantitative estimate of drug-likeness (QED) is 0.516. The van der Waals surface area contributed by atoms with Crippen molar-refractivity contribution in [1.29, 1.82) is 0 Å². The fourth-order valence-electron chi connectivity index (χ4n) is 3.49. The zero-order valence-corrected chi connectivity index (χ0v) is 19.0. The molecule has 0 radical (unpaired) electrons. The second-order valence-electron chi connectivity index (χ2n) is 8.51. The molecule has 6 nitrogen and oxygen atoms in total. The number of aliphatic hydroxyl groups is 1. The van der Waals surface area contributed by atoms with E-state index in [-0.39, 0.29) is 12.0 Å². The van der Waals surface area contributed by atoms with Crippen LogP contribution < -0.4 is 5.06 Å². The lowest BCUT2D eigenvalue weighted by Crippen LogP contribution is -2.27. The molecule has 0 aliphatic carbocycles. The second kappa shape index (κ2) is 7.65. The van der Waals surface area contributed by atoms with Crippen LogP contribution >= 0.6 is 0 Å². The summed E-state index contributed by atoms with van der Waals surface area (Å²) in [4.78, 5) is 4.57. The Morgan fingerprint density at radius 1 is 1.21 bits per heavy atom. The fourth-order valence-corrected chi connectivity index (χ4v) is 4.13. The third-order valence-electron chi connectivity index (χ3n) is 4.85. The summed E-state index contributed by atoms with van der Waals surface area (Å²) in [6.45, 7) is 15.0. The molecule has 28 heavy (non-hydrogen) atoms. The number of benzene rings is 1. The summed E-state index contributed by atoms with van der Waals surface area (Å²) >= 11 is 0. The molecule has 2 aromatic heterocycles. The van der Waals surface area contributed by atoms with Gasteiger partial charge in [-0.15, -0.1) is 0 Å². The van der Waals surface area contributed by atoms with Gasteiger partial charge in [-0.05, 0) is 61.2 Å². The van der Waals surface area contributed by atoms with Crippen molar-refractivity contribution in [2.45, 2.75) is 59.7 Å². The minimum Gasteiger partial charge on any atom is -0.392 e. The van der Waals surface area contributed by atoms with E-state index in [1.807, 2.05) is 18.2 Å². The van der Waals surface area contributed by atoms with Gasteiger partial charge in [-0.25, -0.2) is 14.6 Å². The Bertz CT molecular complexity index is 992. The third-order valence-corrected chi connectivity index (χ3v) is 5.49. The zero-order chi connectivity index (χ0) is 20.6. The predicted octanol–water partition coefficient (Wildman–Crippen LogP) is 4.19. The van der Waals surface area contributed by atoms with Gasteiger partial charge >= 0.3 is 0 Å². The van der Waals surface area contributed by atoms with Crippen LogP contribution in [0.5, 0.6) is 0 Å². The Balaban J connectivity index is 2.23. The highest BCUT2D eigenvalue weighted by Gasteiger charge is 2.23. The van der Waals surface area contributed by atoms with E-state index in [1.54, 1.807) is 4.52 Å². The molecule has 0 atom stereocenters. The normalized spacial score (nSPS) is 12.2. The summed E-state index contributed by atoms with van der Waals surface area (Å²) < 4.78 is 8.11. The van der Waals surface area contributed by atoms with Crippen LogP contribution in [0.3, 0.4) is 0 Å². The van der Waals surface area contributed by atoms with Crippen molar-refractivity contribution in [3.8, 4) is 0 Å². The Morgan fingerprint density at radius 2 is 1.93 bits per heavy atom. The van der Waals surface area contributed by atoms with Crippen LogP contribution in [0.4, 0.5) is 11.5 Å². The first-order valence-electron chi connectivity index (χ1n) is 9.64. The molecule has 150 valence electrons. The number of nitrogens with zero attached hydrogens (tertiary/aromatic N) is 4. The van der Waals surface area contributed by atoms with Gasteiger partial charge in [0.1, 0.15) is 11.8 Å². The van der Waals surface area contributed by atoms with E-state index in [4.69, 9.17) is 4.53 Å². The number of fused-ring (bicyclic) bond motifs is 1. The molecule has 0 unspecified atom stereocenters. The standard InChI is InChI=1S/C21H30N4O2Si/c1-14-8-9-17(10-18(14)21(3,4)5)25(27-28(6)7)20-19-15(2)16(12-26)11-24(19)23-13-22-20/h8-11,13,26,28H,12H2,1-7H3. The first-order valence-corrected chi connectivity index (χ1v) is 12.4. The van der Waals surface area contributed by atoms with Gasteiger partial charge in [-0.3, -0.25) is 0 Å². The number of hydrogen-bond donors (Lipinski definition) is 1. The van der Waals surface area contributed by atoms with Gasteiger partial charge in [0.05, 0.1) is 12.3 Å². The summed E-state index contributed by atoms with van der Waals surface area (Å²) in [5.41, 5.74) is 6.15. The van der Waals surface area contributed by atoms with Crippen LogP contribution in [-0.2, 0) is 16.5 Å². The van der Waals surface area contributed by atoms with E-state index in [0.717, 1.165) is 22.3 Å². The van der Waals surface area contributed by atoms with Crippen LogP contribution in [0.1, 0.15) is 43.0 Å². The van der Waals surface area contributed by atoms with Gasteiger partial charge in [0.2, 0.25) is 9.04 Å². The second-order valence-corrected chi connectivity index (χ2v) is 10.8. The lowest BCUT2D eigenvalue weighted by molar-refractivity contribution is 0.281. The van der Waals surface area contributed by atoms with E-state index >= 15 is 0 Å². The minimum absolute atomic E-state index is 0.0248. The minimum atomic E-state index is -1.43. The topological polar surface area (TPSA) is 62.9 Å². The highest BCUT2D eigenvalue weighted by molar-refractivity contribution is 6.48. The van der Waals surface area contributed by atoms with Crippen molar-refractivity contribution in [1.82, 2.24) is 14.6 Å². The van der Waals surface area contributed by atoms with E-state index < -0.39 is 9.04 Å². The number of anilines is 2. The maximum atomic E-state index is 9.67. The van der Waals surface area contributed by atoms with Crippen LogP contribution in [0.2, 0.25) is 13.1 Å². The van der Waals surface area contributed by atoms with E-state index in [2.05, 4.69) is 69.1 Å². The van der Waals surface area contributed by atoms with Crippen molar-refractivity contribution < 1.29 is 9.63 Å². The summed E-state index contributed by atoms with van der Waals surface area (Å²) in [5, 5.41) is 15.8.